The monoisotopic (exact) mass is 346 g/mol. The van der Waals surface area contributed by atoms with Crippen molar-refractivity contribution in [3.63, 3.8) is 0 Å². The highest BCUT2D eigenvalue weighted by molar-refractivity contribution is 5.94. The van der Waals surface area contributed by atoms with Crippen LogP contribution in [0, 0.1) is 18.7 Å². The predicted octanol–water partition coefficient (Wildman–Crippen LogP) is 2.47. The third kappa shape index (κ3) is 5.23. The van der Waals surface area contributed by atoms with Crippen molar-refractivity contribution in [2.75, 3.05) is 11.9 Å². The van der Waals surface area contributed by atoms with Crippen molar-refractivity contribution >= 4 is 17.5 Å². The van der Waals surface area contributed by atoms with Gasteiger partial charge < -0.3 is 15.2 Å². The summed E-state index contributed by atoms with van der Waals surface area (Å²) < 4.78 is 17.6. The Morgan fingerprint density at radius 2 is 2.00 bits per heavy atom. The summed E-state index contributed by atoms with van der Waals surface area (Å²) in [7, 11) is 0. The molecule has 0 fully saturated rings. The lowest BCUT2D eigenvalue weighted by Gasteiger charge is -2.15. The molecule has 0 radical (unpaired) electrons. The summed E-state index contributed by atoms with van der Waals surface area (Å²) in [6, 6.07) is 5.50. The molecule has 0 saturated heterocycles. The summed E-state index contributed by atoms with van der Waals surface area (Å²) in [4.78, 5) is 27.8. The summed E-state index contributed by atoms with van der Waals surface area (Å²) in [5, 5.41) is 8.85. The summed E-state index contributed by atoms with van der Waals surface area (Å²) in [5.41, 5.74) is 1.16. The Hall–Kier alpha value is -3.03. The van der Waals surface area contributed by atoms with E-state index in [2.05, 4.69) is 27.4 Å². The molecule has 0 aliphatic heterocycles. The molecule has 25 heavy (non-hydrogen) atoms. The Balaban J connectivity index is 1.78. The zero-order valence-electron chi connectivity index (χ0n) is 14.0. The Labute approximate surface area is 144 Å². The molecule has 0 aliphatic carbocycles. The fourth-order valence-corrected chi connectivity index (χ4v) is 1.99. The third-order valence-electron chi connectivity index (χ3n) is 3.57. The van der Waals surface area contributed by atoms with Gasteiger partial charge in [-0.25, -0.2) is 4.39 Å². The minimum Gasteiger partial charge on any atom is -0.348 e. The lowest BCUT2D eigenvalue weighted by molar-refractivity contribution is -0.118. The molecule has 0 bridgehead atoms. The van der Waals surface area contributed by atoms with E-state index in [1.807, 2.05) is 0 Å². The molecule has 2 rings (SSSR count). The number of amides is 2. The number of benzene rings is 1. The van der Waals surface area contributed by atoms with Gasteiger partial charge in [-0.1, -0.05) is 17.3 Å². The topological polar surface area (TPSA) is 97.1 Å². The Morgan fingerprint density at radius 3 is 2.60 bits per heavy atom. The van der Waals surface area contributed by atoms with Gasteiger partial charge in [-0.2, -0.15) is 4.98 Å². The molecule has 1 heterocycles. The molecular formula is C17H19FN4O3. The first-order valence-corrected chi connectivity index (χ1v) is 7.69. The molecule has 1 atom stereocenters. The van der Waals surface area contributed by atoms with E-state index >= 15 is 0 Å². The summed E-state index contributed by atoms with van der Waals surface area (Å²) in [6.07, 6.45) is 0.414. The fourth-order valence-electron chi connectivity index (χ4n) is 1.99. The number of halogens is 1. The minimum absolute atomic E-state index is 0.106. The molecule has 2 amide bonds. The molecule has 0 saturated carbocycles. The van der Waals surface area contributed by atoms with Gasteiger partial charge in [0.05, 0.1) is 5.92 Å². The molecule has 2 aromatic rings. The number of aromatic nitrogens is 2. The molecule has 0 aliphatic rings. The lowest BCUT2D eigenvalue weighted by atomic mass is 9.99. The number of anilines is 1. The SMILES string of the molecule is C=C(CCNC(=O)c1nc(C)no1)C(C)C(=O)Nc1ccc(F)cc1. The zero-order chi connectivity index (χ0) is 18.4. The van der Waals surface area contributed by atoms with Crippen LogP contribution in [0.2, 0.25) is 0 Å². The van der Waals surface area contributed by atoms with Crippen molar-refractivity contribution in [3.8, 4) is 0 Å². The van der Waals surface area contributed by atoms with Crippen molar-refractivity contribution in [2.45, 2.75) is 20.3 Å². The van der Waals surface area contributed by atoms with E-state index in [4.69, 9.17) is 4.52 Å². The summed E-state index contributed by atoms with van der Waals surface area (Å²) >= 11 is 0. The second kappa shape index (κ2) is 8.18. The molecule has 1 aromatic carbocycles. The van der Waals surface area contributed by atoms with Crippen LogP contribution in [0.3, 0.4) is 0 Å². The normalized spacial score (nSPS) is 11.6. The maximum absolute atomic E-state index is 12.9. The van der Waals surface area contributed by atoms with E-state index in [0.717, 1.165) is 0 Å². The van der Waals surface area contributed by atoms with E-state index < -0.39 is 11.8 Å². The molecule has 132 valence electrons. The third-order valence-corrected chi connectivity index (χ3v) is 3.57. The average molecular weight is 346 g/mol. The van der Waals surface area contributed by atoms with Gasteiger partial charge in [-0.05, 0) is 44.5 Å². The van der Waals surface area contributed by atoms with Crippen LogP contribution in [-0.2, 0) is 4.79 Å². The zero-order valence-corrected chi connectivity index (χ0v) is 14.0. The van der Waals surface area contributed by atoms with Gasteiger partial charge in [0.2, 0.25) is 5.91 Å². The number of hydrogen-bond acceptors (Lipinski definition) is 5. The van der Waals surface area contributed by atoms with E-state index in [1.165, 1.54) is 24.3 Å². The average Bonchev–Trinajstić information content (AvgIpc) is 3.02. The van der Waals surface area contributed by atoms with Crippen molar-refractivity contribution in [3.05, 3.63) is 53.9 Å². The number of nitrogens with one attached hydrogen (secondary N) is 2. The number of carbonyl (C=O) groups is 2. The Kier molecular flexibility index (Phi) is 5.99. The van der Waals surface area contributed by atoms with Gasteiger partial charge in [-0.15, -0.1) is 0 Å². The fraction of sp³-hybridized carbons (Fsp3) is 0.294. The maximum Gasteiger partial charge on any atom is 0.315 e. The second-order valence-electron chi connectivity index (χ2n) is 5.53. The summed E-state index contributed by atoms with van der Waals surface area (Å²) in [6.45, 7) is 7.49. The Bertz CT molecular complexity index is 770. The van der Waals surface area contributed by atoms with Crippen LogP contribution in [0.25, 0.3) is 0 Å². The maximum atomic E-state index is 12.9. The first-order chi connectivity index (χ1) is 11.9. The van der Waals surface area contributed by atoms with Crippen LogP contribution in [-0.4, -0.2) is 28.5 Å². The van der Waals surface area contributed by atoms with Gasteiger partial charge in [0, 0.05) is 12.2 Å². The molecule has 1 aromatic heterocycles. The molecule has 1 unspecified atom stereocenters. The van der Waals surface area contributed by atoms with Crippen LogP contribution in [0.1, 0.15) is 29.9 Å². The molecule has 0 spiro atoms. The molecule has 8 heteroatoms. The molecule has 2 N–H and O–H groups in total. The van der Waals surface area contributed by atoms with Gasteiger partial charge in [0.1, 0.15) is 5.82 Å². The van der Waals surface area contributed by atoms with Gasteiger partial charge in [0.25, 0.3) is 0 Å². The second-order valence-corrected chi connectivity index (χ2v) is 5.53. The number of carbonyl (C=O) groups excluding carboxylic acids is 2. The van der Waals surface area contributed by atoms with Gasteiger partial charge >= 0.3 is 11.8 Å². The number of nitrogens with zero attached hydrogens (tertiary/aromatic N) is 2. The van der Waals surface area contributed by atoms with Crippen LogP contribution >= 0.6 is 0 Å². The van der Waals surface area contributed by atoms with E-state index in [1.54, 1.807) is 13.8 Å². The molecule has 7 nitrogen and oxygen atoms in total. The van der Waals surface area contributed by atoms with Crippen molar-refractivity contribution < 1.29 is 18.5 Å². The smallest absolute Gasteiger partial charge is 0.315 e. The highest BCUT2D eigenvalue weighted by Crippen LogP contribution is 2.16. The first-order valence-electron chi connectivity index (χ1n) is 7.69. The lowest BCUT2D eigenvalue weighted by Crippen LogP contribution is -2.27. The highest BCUT2D eigenvalue weighted by Gasteiger charge is 2.17. The van der Waals surface area contributed by atoms with Crippen LogP contribution < -0.4 is 10.6 Å². The van der Waals surface area contributed by atoms with E-state index in [-0.39, 0.29) is 24.2 Å². The number of aryl methyl sites for hydroxylation is 1. The largest absolute Gasteiger partial charge is 0.348 e. The highest BCUT2D eigenvalue weighted by atomic mass is 19.1. The van der Waals surface area contributed by atoms with Crippen molar-refractivity contribution in [1.82, 2.24) is 15.5 Å². The van der Waals surface area contributed by atoms with Crippen molar-refractivity contribution in [2.24, 2.45) is 5.92 Å². The quantitative estimate of drug-likeness (QED) is 0.751. The van der Waals surface area contributed by atoms with E-state index in [0.29, 0.717) is 23.5 Å². The van der Waals surface area contributed by atoms with E-state index in [9.17, 15) is 14.0 Å². The van der Waals surface area contributed by atoms with Gasteiger partial charge in [-0.3, -0.25) is 9.59 Å². The summed E-state index contributed by atoms with van der Waals surface area (Å²) in [5.74, 6) is -1.30. The minimum atomic E-state index is -0.475. The predicted molar refractivity (Wildman–Crippen MR) is 89.3 cm³/mol. The Morgan fingerprint density at radius 1 is 1.32 bits per heavy atom. The van der Waals surface area contributed by atoms with Crippen LogP contribution in [0.5, 0.6) is 0 Å². The van der Waals surface area contributed by atoms with Crippen LogP contribution in [0.15, 0.2) is 40.9 Å². The van der Waals surface area contributed by atoms with Crippen LogP contribution in [0.4, 0.5) is 10.1 Å². The number of rotatable bonds is 7. The number of hydrogen-bond donors (Lipinski definition) is 2. The van der Waals surface area contributed by atoms with Gasteiger partial charge in [0.15, 0.2) is 5.82 Å². The molecular weight excluding hydrogens is 327 g/mol. The standard InChI is InChI=1S/C17H19FN4O3/c1-10(8-9-19-16(24)17-20-12(3)22-25-17)11(2)15(23)21-14-6-4-13(18)5-7-14/h4-7,11H,1,8-9H2,2-3H3,(H,19,24)(H,21,23). The van der Waals surface area contributed by atoms with Crippen molar-refractivity contribution in [1.29, 1.82) is 0 Å². The first kappa shape index (κ1) is 18.3.